The zero-order valence-corrected chi connectivity index (χ0v) is 17.5. The highest BCUT2D eigenvalue weighted by Crippen LogP contribution is 2.06. The second kappa shape index (κ2) is 12.5. The normalized spacial score (nSPS) is 11.7. The Balaban J connectivity index is 2.54. The lowest BCUT2D eigenvalue weighted by Gasteiger charge is -2.23. The van der Waals surface area contributed by atoms with E-state index in [1.165, 1.54) is 0 Å². The molecule has 9 nitrogen and oxygen atoms in total. The summed E-state index contributed by atoms with van der Waals surface area (Å²) in [5, 5.41) is 10.6. The maximum atomic E-state index is 12.1. The van der Waals surface area contributed by atoms with Gasteiger partial charge in [0.15, 0.2) is 0 Å². The van der Waals surface area contributed by atoms with Crippen LogP contribution in [0.15, 0.2) is 30.3 Å². The second-order valence-corrected chi connectivity index (χ2v) is 7.42. The standard InChI is InChI=1S/C20H32N4O5/c1-5-11-21-17(25)22-12-16(13-23-18(26)29-20(2,3)4)24-19(27)28-14-15-9-7-6-8-10-15/h6-10,16H,5,11-14H2,1-4H3,(H,23,26)(H,24,27)(H2,21,22,25)/t16-/m1/s1. The highest BCUT2D eigenvalue weighted by molar-refractivity contribution is 5.74. The van der Waals surface area contributed by atoms with Crippen LogP contribution >= 0.6 is 0 Å². The van der Waals surface area contributed by atoms with Crippen LogP contribution in [0.25, 0.3) is 0 Å². The molecule has 0 saturated heterocycles. The van der Waals surface area contributed by atoms with E-state index in [9.17, 15) is 14.4 Å². The molecule has 1 atom stereocenters. The van der Waals surface area contributed by atoms with Crippen molar-refractivity contribution in [2.75, 3.05) is 19.6 Å². The van der Waals surface area contributed by atoms with E-state index in [0.29, 0.717) is 6.54 Å². The Hall–Kier alpha value is -2.97. The Morgan fingerprint density at radius 2 is 1.62 bits per heavy atom. The molecular formula is C20H32N4O5. The van der Waals surface area contributed by atoms with Crippen molar-refractivity contribution in [2.45, 2.75) is 52.4 Å². The van der Waals surface area contributed by atoms with Gasteiger partial charge in [0.1, 0.15) is 12.2 Å². The van der Waals surface area contributed by atoms with Gasteiger partial charge in [0.05, 0.1) is 6.04 Å². The van der Waals surface area contributed by atoms with Crippen LogP contribution in [-0.4, -0.2) is 49.5 Å². The highest BCUT2D eigenvalue weighted by Gasteiger charge is 2.19. The number of alkyl carbamates (subject to hydrolysis) is 2. The van der Waals surface area contributed by atoms with E-state index >= 15 is 0 Å². The molecule has 4 amide bonds. The molecule has 9 heteroatoms. The first-order valence-corrected chi connectivity index (χ1v) is 9.65. The first kappa shape index (κ1) is 24.1. The topological polar surface area (TPSA) is 118 Å². The molecule has 0 aliphatic carbocycles. The number of hydrogen-bond donors (Lipinski definition) is 4. The smallest absolute Gasteiger partial charge is 0.407 e. The van der Waals surface area contributed by atoms with Gasteiger partial charge in [-0.2, -0.15) is 0 Å². The molecule has 0 bridgehead atoms. The van der Waals surface area contributed by atoms with Crippen LogP contribution in [0.1, 0.15) is 39.7 Å². The Bertz CT molecular complexity index is 646. The van der Waals surface area contributed by atoms with E-state index < -0.39 is 23.8 Å². The van der Waals surface area contributed by atoms with Gasteiger partial charge in [0, 0.05) is 19.6 Å². The Morgan fingerprint density at radius 1 is 0.966 bits per heavy atom. The van der Waals surface area contributed by atoms with Crippen molar-refractivity contribution in [2.24, 2.45) is 0 Å². The van der Waals surface area contributed by atoms with Crippen LogP contribution in [0.5, 0.6) is 0 Å². The Labute approximate surface area is 171 Å². The molecule has 1 rings (SSSR count). The van der Waals surface area contributed by atoms with Gasteiger partial charge < -0.3 is 30.7 Å². The number of amides is 4. The van der Waals surface area contributed by atoms with Crippen LogP contribution < -0.4 is 21.3 Å². The number of ether oxygens (including phenoxy) is 2. The molecule has 0 unspecified atom stereocenters. The number of carbonyl (C=O) groups excluding carboxylic acids is 3. The molecule has 0 aromatic heterocycles. The summed E-state index contributed by atoms with van der Waals surface area (Å²) in [6, 6.07) is 8.32. The molecular weight excluding hydrogens is 376 g/mol. The van der Waals surface area contributed by atoms with Crippen LogP contribution in [0, 0.1) is 0 Å². The molecule has 0 radical (unpaired) electrons. The first-order valence-electron chi connectivity index (χ1n) is 9.65. The molecule has 1 aromatic carbocycles. The molecule has 0 spiro atoms. The lowest BCUT2D eigenvalue weighted by molar-refractivity contribution is 0.0520. The largest absolute Gasteiger partial charge is 0.445 e. The van der Waals surface area contributed by atoms with Gasteiger partial charge in [0.25, 0.3) is 0 Å². The van der Waals surface area contributed by atoms with Crippen LogP contribution in [0.4, 0.5) is 14.4 Å². The number of rotatable bonds is 9. The summed E-state index contributed by atoms with van der Waals surface area (Å²) in [6.07, 6.45) is -0.459. The molecule has 162 valence electrons. The maximum Gasteiger partial charge on any atom is 0.407 e. The minimum atomic E-state index is -0.652. The SMILES string of the molecule is CCCNC(=O)NC[C@H](CNC(=O)OC(C)(C)C)NC(=O)OCc1ccccc1. The molecule has 29 heavy (non-hydrogen) atoms. The zero-order chi connectivity index (χ0) is 21.7. The van der Waals surface area contributed by atoms with Crippen molar-refractivity contribution in [3.05, 3.63) is 35.9 Å². The van der Waals surface area contributed by atoms with E-state index in [0.717, 1.165) is 12.0 Å². The van der Waals surface area contributed by atoms with Gasteiger partial charge in [-0.3, -0.25) is 0 Å². The molecule has 0 fully saturated rings. The molecule has 0 saturated carbocycles. The van der Waals surface area contributed by atoms with Crippen molar-refractivity contribution in [1.29, 1.82) is 0 Å². The fraction of sp³-hybridized carbons (Fsp3) is 0.550. The van der Waals surface area contributed by atoms with Gasteiger partial charge in [-0.1, -0.05) is 37.3 Å². The Morgan fingerprint density at radius 3 is 2.24 bits per heavy atom. The second-order valence-electron chi connectivity index (χ2n) is 7.42. The minimum Gasteiger partial charge on any atom is -0.445 e. The van der Waals surface area contributed by atoms with Gasteiger partial charge >= 0.3 is 18.2 Å². The lowest BCUT2D eigenvalue weighted by atomic mass is 10.2. The third-order valence-electron chi connectivity index (χ3n) is 3.47. The molecule has 1 aromatic rings. The maximum absolute atomic E-state index is 12.1. The molecule has 0 aliphatic rings. The van der Waals surface area contributed by atoms with Gasteiger partial charge in [-0.25, -0.2) is 14.4 Å². The fourth-order valence-corrected chi connectivity index (χ4v) is 2.14. The lowest BCUT2D eigenvalue weighted by Crippen LogP contribution is -2.51. The molecule has 0 aliphatic heterocycles. The van der Waals surface area contributed by atoms with Gasteiger partial charge in [0.2, 0.25) is 0 Å². The number of urea groups is 1. The van der Waals surface area contributed by atoms with E-state index in [4.69, 9.17) is 9.47 Å². The monoisotopic (exact) mass is 408 g/mol. The fourth-order valence-electron chi connectivity index (χ4n) is 2.14. The number of benzene rings is 1. The van der Waals surface area contributed by atoms with Crippen LogP contribution in [0.2, 0.25) is 0 Å². The summed E-state index contributed by atoms with van der Waals surface area (Å²) >= 11 is 0. The average molecular weight is 408 g/mol. The molecule has 4 N–H and O–H groups in total. The Kier molecular flexibility index (Phi) is 10.4. The van der Waals surface area contributed by atoms with Crippen LogP contribution in [0.3, 0.4) is 0 Å². The van der Waals surface area contributed by atoms with E-state index in [2.05, 4.69) is 21.3 Å². The van der Waals surface area contributed by atoms with E-state index in [1.807, 2.05) is 37.3 Å². The minimum absolute atomic E-state index is 0.0589. The third-order valence-corrected chi connectivity index (χ3v) is 3.47. The first-order chi connectivity index (χ1) is 13.7. The predicted molar refractivity (Wildman–Crippen MR) is 109 cm³/mol. The van der Waals surface area contributed by atoms with Gasteiger partial charge in [-0.15, -0.1) is 0 Å². The van der Waals surface area contributed by atoms with E-state index in [-0.39, 0.29) is 25.7 Å². The summed E-state index contributed by atoms with van der Waals surface area (Å²) < 4.78 is 10.4. The highest BCUT2D eigenvalue weighted by atomic mass is 16.6. The average Bonchev–Trinajstić information content (AvgIpc) is 2.66. The van der Waals surface area contributed by atoms with Crippen molar-refractivity contribution in [3.8, 4) is 0 Å². The summed E-state index contributed by atoms with van der Waals surface area (Å²) in [4.78, 5) is 35.7. The predicted octanol–water partition coefficient (Wildman–Crippen LogP) is 2.52. The summed E-state index contributed by atoms with van der Waals surface area (Å²) in [7, 11) is 0. The summed E-state index contributed by atoms with van der Waals surface area (Å²) in [5.41, 5.74) is 0.211. The van der Waals surface area contributed by atoms with E-state index in [1.54, 1.807) is 20.8 Å². The quantitative estimate of drug-likeness (QED) is 0.501. The number of nitrogens with one attached hydrogen (secondary N) is 4. The summed E-state index contributed by atoms with van der Waals surface area (Å²) in [6.45, 7) is 8.02. The number of carbonyl (C=O) groups is 3. The van der Waals surface area contributed by atoms with Crippen molar-refractivity contribution in [1.82, 2.24) is 21.3 Å². The van der Waals surface area contributed by atoms with Gasteiger partial charge in [-0.05, 0) is 32.8 Å². The van der Waals surface area contributed by atoms with Crippen molar-refractivity contribution >= 4 is 18.2 Å². The molecule has 0 heterocycles. The third kappa shape index (κ3) is 12.2. The number of hydrogen-bond acceptors (Lipinski definition) is 5. The zero-order valence-electron chi connectivity index (χ0n) is 17.5. The summed E-state index contributed by atoms with van der Waals surface area (Å²) in [5.74, 6) is 0. The van der Waals surface area contributed by atoms with Crippen molar-refractivity contribution < 1.29 is 23.9 Å². The van der Waals surface area contributed by atoms with Crippen LogP contribution in [-0.2, 0) is 16.1 Å². The van der Waals surface area contributed by atoms with Crippen molar-refractivity contribution in [3.63, 3.8) is 0 Å².